The molecule has 1 unspecified atom stereocenters. The van der Waals surface area contributed by atoms with Gasteiger partial charge >= 0.3 is 0 Å². The fourth-order valence-electron chi connectivity index (χ4n) is 4.47. The van der Waals surface area contributed by atoms with Crippen LogP contribution in [-0.2, 0) is 15.0 Å². The number of fused-ring (bicyclic) bond motifs is 3. The Morgan fingerprint density at radius 2 is 2.03 bits per heavy atom. The van der Waals surface area contributed by atoms with Crippen LogP contribution in [0.1, 0.15) is 29.9 Å². The highest BCUT2D eigenvalue weighted by molar-refractivity contribution is 6.02. The van der Waals surface area contributed by atoms with Crippen molar-refractivity contribution in [3.05, 3.63) is 48.0 Å². The third-order valence-corrected chi connectivity index (χ3v) is 6.22. The molecule has 1 amide bonds. The van der Waals surface area contributed by atoms with Crippen LogP contribution < -0.4 is 15.8 Å². The molecule has 1 atom stereocenters. The van der Waals surface area contributed by atoms with Crippen LogP contribution >= 0.6 is 0 Å². The molecule has 2 spiro atoms. The Morgan fingerprint density at radius 3 is 2.66 bits per heavy atom. The maximum absolute atomic E-state index is 12.5. The SMILES string of the molecule is CC1(C)Oc2ccc(NC(=O)c3cnccn3)cc2C2(COC(N)=N2)C12COC2. The summed E-state index contributed by atoms with van der Waals surface area (Å²) in [5.74, 6) is 0.337. The molecule has 1 aromatic heterocycles. The van der Waals surface area contributed by atoms with E-state index in [0.29, 0.717) is 31.3 Å². The Labute approximate surface area is 167 Å². The van der Waals surface area contributed by atoms with Gasteiger partial charge in [0.25, 0.3) is 11.9 Å². The van der Waals surface area contributed by atoms with Gasteiger partial charge in [0, 0.05) is 23.6 Å². The first-order valence-corrected chi connectivity index (χ1v) is 9.34. The van der Waals surface area contributed by atoms with E-state index in [-0.39, 0.29) is 17.6 Å². The number of nitrogens with two attached hydrogens (primary N) is 1. The molecule has 5 rings (SSSR count). The molecule has 0 bridgehead atoms. The van der Waals surface area contributed by atoms with E-state index in [1.807, 2.05) is 26.0 Å². The van der Waals surface area contributed by atoms with E-state index in [4.69, 9.17) is 24.9 Å². The quantitative estimate of drug-likeness (QED) is 0.789. The van der Waals surface area contributed by atoms with Gasteiger partial charge in [0.15, 0.2) is 0 Å². The number of amidine groups is 1. The van der Waals surface area contributed by atoms with Gasteiger partial charge in [-0.1, -0.05) is 0 Å². The maximum atomic E-state index is 12.5. The monoisotopic (exact) mass is 395 g/mol. The van der Waals surface area contributed by atoms with E-state index >= 15 is 0 Å². The second kappa shape index (κ2) is 5.90. The molecule has 0 saturated carbocycles. The number of hydrogen-bond acceptors (Lipinski definition) is 8. The molecule has 9 heteroatoms. The first kappa shape index (κ1) is 17.9. The van der Waals surface area contributed by atoms with E-state index < -0.39 is 16.6 Å². The van der Waals surface area contributed by atoms with Gasteiger partial charge in [-0.05, 0) is 32.0 Å². The molecule has 9 nitrogen and oxygen atoms in total. The number of nitrogens with zero attached hydrogens (tertiary/aromatic N) is 3. The maximum Gasteiger partial charge on any atom is 0.283 e. The lowest BCUT2D eigenvalue weighted by atomic mass is 9.55. The highest BCUT2D eigenvalue weighted by Crippen LogP contribution is 2.62. The van der Waals surface area contributed by atoms with Crippen molar-refractivity contribution in [1.29, 1.82) is 0 Å². The number of rotatable bonds is 2. The summed E-state index contributed by atoms with van der Waals surface area (Å²) in [7, 11) is 0. The molecular weight excluding hydrogens is 374 g/mol. The molecule has 29 heavy (non-hydrogen) atoms. The van der Waals surface area contributed by atoms with Gasteiger partial charge in [-0.25, -0.2) is 9.98 Å². The van der Waals surface area contributed by atoms with Crippen LogP contribution in [0.5, 0.6) is 5.75 Å². The summed E-state index contributed by atoms with van der Waals surface area (Å²) in [5.41, 5.74) is 5.86. The number of carbonyl (C=O) groups excluding carboxylic acids is 1. The molecule has 150 valence electrons. The van der Waals surface area contributed by atoms with Crippen LogP contribution in [0.15, 0.2) is 41.8 Å². The van der Waals surface area contributed by atoms with Crippen molar-refractivity contribution in [1.82, 2.24) is 9.97 Å². The Balaban J connectivity index is 1.59. The number of hydrogen-bond donors (Lipinski definition) is 2. The number of nitrogens with one attached hydrogen (secondary N) is 1. The Morgan fingerprint density at radius 1 is 1.21 bits per heavy atom. The highest BCUT2D eigenvalue weighted by atomic mass is 16.5. The molecule has 3 aliphatic rings. The van der Waals surface area contributed by atoms with Gasteiger partial charge < -0.3 is 25.3 Å². The first-order valence-electron chi connectivity index (χ1n) is 9.34. The van der Waals surface area contributed by atoms with Crippen LogP contribution in [0.4, 0.5) is 5.69 Å². The number of aliphatic imine (C=N–C) groups is 1. The van der Waals surface area contributed by atoms with Crippen LogP contribution in [0.3, 0.4) is 0 Å². The molecule has 0 aliphatic carbocycles. The number of anilines is 1. The zero-order valence-electron chi connectivity index (χ0n) is 16.1. The molecule has 3 N–H and O–H groups in total. The summed E-state index contributed by atoms with van der Waals surface area (Å²) in [6.07, 6.45) is 4.40. The molecule has 0 radical (unpaired) electrons. The highest BCUT2D eigenvalue weighted by Gasteiger charge is 2.71. The second-order valence-electron chi connectivity index (χ2n) is 8.04. The van der Waals surface area contributed by atoms with Gasteiger partial charge in [0.2, 0.25) is 0 Å². The predicted octanol–water partition coefficient (Wildman–Crippen LogP) is 1.46. The number of carbonyl (C=O) groups is 1. The lowest BCUT2D eigenvalue weighted by Gasteiger charge is -2.61. The van der Waals surface area contributed by atoms with Crippen LogP contribution in [0, 0.1) is 5.41 Å². The van der Waals surface area contributed by atoms with E-state index in [0.717, 1.165) is 5.56 Å². The largest absolute Gasteiger partial charge is 0.487 e. The minimum Gasteiger partial charge on any atom is -0.487 e. The van der Waals surface area contributed by atoms with Crippen molar-refractivity contribution in [2.24, 2.45) is 16.1 Å². The van der Waals surface area contributed by atoms with Gasteiger partial charge in [-0.3, -0.25) is 9.78 Å². The first-order chi connectivity index (χ1) is 13.9. The number of benzene rings is 1. The fourth-order valence-corrected chi connectivity index (χ4v) is 4.47. The van der Waals surface area contributed by atoms with Crippen molar-refractivity contribution in [3.63, 3.8) is 0 Å². The predicted molar refractivity (Wildman–Crippen MR) is 104 cm³/mol. The van der Waals surface area contributed by atoms with Gasteiger partial charge in [-0.2, -0.15) is 0 Å². The van der Waals surface area contributed by atoms with Gasteiger partial charge in [0.1, 0.15) is 29.2 Å². The summed E-state index contributed by atoms with van der Waals surface area (Å²) < 4.78 is 17.6. The average Bonchev–Trinajstić information content (AvgIpc) is 3.03. The topological polar surface area (TPSA) is 121 Å². The summed E-state index contributed by atoms with van der Waals surface area (Å²) in [6, 6.07) is 5.63. The minimum atomic E-state index is -0.750. The Kier molecular flexibility index (Phi) is 3.63. The smallest absolute Gasteiger partial charge is 0.283 e. The molecule has 1 saturated heterocycles. The van der Waals surface area contributed by atoms with Crippen LogP contribution in [0.2, 0.25) is 0 Å². The summed E-state index contributed by atoms with van der Waals surface area (Å²) in [5, 5.41) is 2.86. The second-order valence-corrected chi connectivity index (χ2v) is 8.04. The van der Waals surface area contributed by atoms with E-state index in [1.54, 1.807) is 6.07 Å². The molecule has 1 fully saturated rings. The Bertz CT molecular complexity index is 1020. The fraction of sp³-hybridized carbons (Fsp3) is 0.400. The number of aromatic nitrogens is 2. The van der Waals surface area contributed by atoms with Crippen molar-refractivity contribution in [2.75, 3.05) is 25.1 Å². The molecular formula is C20H21N5O4. The van der Waals surface area contributed by atoms with E-state index in [9.17, 15) is 4.79 Å². The normalized spacial score (nSPS) is 25.4. The molecule has 2 aromatic rings. The minimum absolute atomic E-state index is 0.147. The van der Waals surface area contributed by atoms with Crippen molar-refractivity contribution in [3.8, 4) is 5.75 Å². The third kappa shape index (κ3) is 2.37. The van der Waals surface area contributed by atoms with Gasteiger partial charge in [0.05, 0.1) is 24.8 Å². The zero-order valence-corrected chi connectivity index (χ0v) is 16.1. The lowest BCUT2D eigenvalue weighted by molar-refractivity contribution is -0.247. The standard InChI is InChI=1S/C20H21N5O4/c1-18(2)19(9-27-10-19)20(11-28-17(21)25-20)13-7-12(3-4-15(13)29-18)24-16(26)14-8-22-5-6-23-14/h3-8H,9-11H2,1-2H3,(H2,21,25)(H,24,26). The van der Waals surface area contributed by atoms with E-state index in [2.05, 4.69) is 15.3 Å². The average molecular weight is 395 g/mol. The summed E-state index contributed by atoms with van der Waals surface area (Å²) >= 11 is 0. The van der Waals surface area contributed by atoms with Crippen molar-refractivity contribution in [2.45, 2.75) is 25.0 Å². The molecule has 1 aromatic carbocycles. The van der Waals surface area contributed by atoms with Crippen molar-refractivity contribution < 1.29 is 19.0 Å². The number of amides is 1. The summed E-state index contributed by atoms with van der Waals surface area (Å²) in [6.45, 7) is 5.33. The van der Waals surface area contributed by atoms with E-state index in [1.165, 1.54) is 18.6 Å². The third-order valence-electron chi connectivity index (χ3n) is 6.22. The Hall–Kier alpha value is -3.20. The lowest BCUT2D eigenvalue weighted by Crippen LogP contribution is -2.71. The van der Waals surface area contributed by atoms with Crippen LogP contribution in [0.25, 0.3) is 0 Å². The van der Waals surface area contributed by atoms with Crippen molar-refractivity contribution >= 4 is 17.6 Å². The molecule has 3 aliphatic heterocycles. The summed E-state index contributed by atoms with van der Waals surface area (Å²) in [4.78, 5) is 25.2. The van der Waals surface area contributed by atoms with Gasteiger partial charge in [-0.15, -0.1) is 0 Å². The zero-order chi connectivity index (χ0) is 20.3. The number of ether oxygens (including phenoxy) is 3. The molecule has 4 heterocycles. The van der Waals surface area contributed by atoms with Crippen LogP contribution in [-0.4, -0.2) is 47.3 Å².